The molecule has 0 radical (unpaired) electrons. The number of rotatable bonds is 1. The van der Waals surface area contributed by atoms with Crippen LogP contribution >= 0.6 is 11.3 Å². The average molecular weight is 415 g/mol. The average Bonchev–Trinajstić information content (AvgIpc) is 3.30. The predicted octanol–water partition coefficient (Wildman–Crippen LogP) is 3.98. The molecule has 4 rings (SSSR count). The number of urea groups is 1. The summed E-state index contributed by atoms with van der Waals surface area (Å²) in [6.45, 7) is 8.88. The molecule has 2 aliphatic rings. The van der Waals surface area contributed by atoms with Gasteiger partial charge in [-0.2, -0.15) is 0 Å². The number of hydrogen-bond acceptors (Lipinski definition) is 7. The monoisotopic (exact) mass is 415 g/mol. The number of fused-ring (bicyclic) bond motifs is 3. The molecule has 1 aromatic carbocycles. The normalized spacial score (nSPS) is 20.8. The van der Waals surface area contributed by atoms with Gasteiger partial charge in [0.2, 0.25) is 6.79 Å². The molecule has 2 atom stereocenters. The lowest BCUT2D eigenvalue weighted by atomic mass is 10.1. The van der Waals surface area contributed by atoms with Gasteiger partial charge in [-0.3, -0.25) is 4.90 Å². The summed E-state index contributed by atoms with van der Waals surface area (Å²) in [5.41, 5.74) is -0.0936. The molecule has 8 nitrogen and oxygen atoms in total. The molecule has 1 fully saturated rings. The summed E-state index contributed by atoms with van der Waals surface area (Å²) < 4.78 is 17.2. The first kappa shape index (κ1) is 19.3. The lowest BCUT2D eigenvalue weighted by Gasteiger charge is -2.25. The molecule has 0 aliphatic carbocycles. The van der Waals surface area contributed by atoms with Gasteiger partial charge in [-0.05, 0) is 46.8 Å². The Kier molecular flexibility index (Phi) is 4.54. The third-order valence-electron chi connectivity index (χ3n) is 4.53. The fourth-order valence-corrected chi connectivity index (χ4v) is 4.30. The smallest absolute Gasteiger partial charge is 0.418 e. The number of benzene rings is 1. The molecule has 2 aliphatic heterocycles. The second kappa shape index (κ2) is 6.81. The van der Waals surface area contributed by atoms with Crippen molar-refractivity contribution in [1.29, 1.82) is 0 Å². The number of hydrogen-bond donors (Lipinski definition) is 0. The van der Waals surface area contributed by atoms with Gasteiger partial charge in [0.25, 0.3) is 0 Å². The standard InChI is InChI=1S/C20H21N3O5S/c1-6-7-12-11(2)22(19(25)28-20(3,4)5)18(24)23(12)17-21-15-14(29-17)9-8-13-16(15)27-10-26-13/h8-9,11-12H,10H2,1-5H3/t11-,12+/m0/s1. The molecule has 152 valence electrons. The molecular weight excluding hydrogens is 394 g/mol. The maximum atomic E-state index is 13.2. The molecule has 0 spiro atoms. The Morgan fingerprint density at radius 3 is 2.79 bits per heavy atom. The highest BCUT2D eigenvalue weighted by Gasteiger charge is 2.49. The van der Waals surface area contributed by atoms with Crippen LogP contribution in [0.5, 0.6) is 11.5 Å². The van der Waals surface area contributed by atoms with E-state index in [0.29, 0.717) is 22.1 Å². The first-order valence-electron chi connectivity index (χ1n) is 9.18. The van der Waals surface area contributed by atoms with E-state index in [2.05, 4.69) is 16.8 Å². The van der Waals surface area contributed by atoms with Gasteiger partial charge in [-0.1, -0.05) is 17.3 Å². The minimum Gasteiger partial charge on any atom is -0.454 e. The summed E-state index contributed by atoms with van der Waals surface area (Å²) in [4.78, 5) is 33.1. The number of ether oxygens (including phenoxy) is 3. The van der Waals surface area contributed by atoms with Crippen LogP contribution in [0.25, 0.3) is 10.2 Å². The van der Waals surface area contributed by atoms with E-state index in [1.54, 1.807) is 34.6 Å². The summed E-state index contributed by atoms with van der Waals surface area (Å²) in [5.74, 6) is 7.07. The van der Waals surface area contributed by atoms with E-state index in [1.165, 1.54) is 16.2 Å². The maximum Gasteiger partial charge on any atom is 0.418 e. The number of carbonyl (C=O) groups is 2. The molecule has 0 N–H and O–H groups in total. The first-order chi connectivity index (χ1) is 13.7. The molecule has 1 saturated heterocycles. The Morgan fingerprint density at radius 2 is 2.10 bits per heavy atom. The number of imide groups is 1. The number of aromatic nitrogens is 1. The van der Waals surface area contributed by atoms with Gasteiger partial charge in [0.15, 0.2) is 16.6 Å². The molecule has 3 heterocycles. The van der Waals surface area contributed by atoms with Crippen LogP contribution in [0, 0.1) is 11.8 Å². The van der Waals surface area contributed by atoms with E-state index in [-0.39, 0.29) is 6.79 Å². The molecule has 0 unspecified atom stereocenters. The van der Waals surface area contributed by atoms with Crippen molar-refractivity contribution in [2.75, 3.05) is 11.7 Å². The molecule has 9 heteroatoms. The highest BCUT2D eigenvalue weighted by molar-refractivity contribution is 7.22. The first-order valence-corrected chi connectivity index (χ1v) is 9.99. The van der Waals surface area contributed by atoms with E-state index >= 15 is 0 Å². The highest BCUT2D eigenvalue weighted by atomic mass is 32.1. The highest BCUT2D eigenvalue weighted by Crippen LogP contribution is 2.44. The van der Waals surface area contributed by atoms with Gasteiger partial charge in [-0.25, -0.2) is 19.5 Å². The summed E-state index contributed by atoms with van der Waals surface area (Å²) in [7, 11) is 0. The summed E-state index contributed by atoms with van der Waals surface area (Å²) in [6, 6.07) is 2.15. The van der Waals surface area contributed by atoms with Crippen molar-refractivity contribution in [3.63, 3.8) is 0 Å². The number of anilines is 1. The second-order valence-corrected chi connectivity index (χ2v) is 8.73. The zero-order valence-electron chi connectivity index (χ0n) is 16.8. The zero-order chi connectivity index (χ0) is 20.9. The molecule has 29 heavy (non-hydrogen) atoms. The summed E-state index contributed by atoms with van der Waals surface area (Å²) in [6.07, 6.45) is -0.695. The lowest BCUT2D eigenvalue weighted by Crippen LogP contribution is -2.42. The maximum absolute atomic E-state index is 13.2. The number of carbonyl (C=O) groups excluding carboxylic acids is 2. The van der Waals surface area contributed by atoms with Gasteiger partial charge >= 0.3 is 12.1 Å². The van der Waals surface area contributed by atoms with Gasteiger partial charge in [0.1, 0.15) is 17.2 Å². The number of amides is 3. The Balaban J connectivity index is 1.75. The quantitative estimate of drug-likeness (QED) is 0.656. The Morgan fingerprint density at radius 1 is 1.34 bits per heavy atom. The van der Waals surface area contributed by atoms with E-state index in [0.717, 1.165) is 9.60 Å². The van der Waals surface area contributed by atoms with Crippen molar-refractivity contribution in [2.24, 2.45) is 0 Å². The zero-order valence-corrected chi connectivity index (χ0v) is 17.6. The molecule has 2 aromatic rings. The van der Waals surface area contributed by atoms with E-state index < -0.39 is 29.8 Å². The predicted molar refractivity (Wildman–Crippen MR) is 108 cm³/mol. The van der Waals surface area contributed by atoms with Crippen LogP contribution in [-0.2, 0) is 4.74 Å². The Hall–Kier alpha value is -2.99. The second-order valence-electron chi connectivity index (χ2n) is 7.73. The molecule has 0 bridgehead atoms. The van der Waals surface area contributed by atoms with Gasteiger partial charge in [0, 0.05) is 0 Å². The molecular formula is C20H21N3O5S. The van der Waals surface area contributed by atoms with Crippen LogP contribution < -0.4 is 14.4 Å². The summed E-state index contributed by atoms with van der Waals surface area (Å²) in [5, 5.41) is 0.444. The van der Waals surface area contributed by atoms with Gasteiger partial charge in [0.05, 0.1) is 10.7 Å². The van der Waals surface area contributed by atoms with Crippen molar-refractivity contribution < 1.29 is 23.8 Å². The van der Waals surface area contributed by atoms with Crippen LogP contribution in [0.1, 0.15) is 34.6 Å². The van der Waals surface area contributed by atoms with Gasteiger partial charge in [-0.15, -0.1) is 5.92 Å². The van der Waals surface area contributed by atoms with Crippen LogP contribution in [0.15, 0.2) is 12.1 Å². The Bertz CT molecular complexity index is 1060. The van der Waals surface area contributed by atoms with Crippen molar-refractivity contribution >= 4 is 38.8 Å². The third-order valence-corrected chi connectivity index (χ3v) is 5.55. The van der Waals surface area contributed by atoms with Crippen molar-refractivity contribution in [1.82, 2.24) is 9.88 Å². The minimum atomic E-state index is -0.718. The largest absolute Gasteiger partial charge is 0.454 e. The van der Waals surface area contributed by atoms with Gasteiger partial charge < -0.3 is 14.2 Å². The molecule has 1 aromatic heterocycles. The summed E-state index contributed by atoms with van der Waals surface area (Å²) >= 11 is 1.33. The fraction of sp³-hybridized carbons (Fsp3) is 0.450. The van der Waals surface area contributed by atoms with E-state index in [4.69, 9.17) is 14.2 Å². The lowest BCUT2D eigenvalue weighted by molar-refractivity contribution is 0.0304. The van der Waals surface area contributed by atoms with Crippen LogP contribution in [0.3, 0.4) is 0 Å². The van der Waals surface area contributed by atoms with Crippen LogP contribution in [-0.4, -0.2) is 46.5 Å². The SMILES string of the molecule is CC#C[C@@H]1[C@H](C)N(C(=O)OC(C)(C)C)C(=O)N1c1nc2c3c(ccc2s1)OCO3. The van der Waals surface area contributed by atoms with E-state index in [1.807, 2.05) is 12.1 Å². The fourth-order valence-electron chi connectivity index (χ4n) is 3.30. The topological polar surface area (TPSA) is 81.2 Å². The number of nitrogens with zero attached hydrogens (tertiary/aromatic N) is 3. The third kappa shape index (κ3) is 3.23. The van der Waals surface area contributed by atoms with Crippen molar-refractivity contribution in [3.8, 4) is 23.3 Å². The van der Waals surface area contributed by atoms with Crippen LogP contribution in [0.4, 0.5) is 14.7 Å². The van der Waals surface area contributed by atoms with Crippen LogP contribution in [0.2, 0.25) is 0 Å². The molecule has 3 amide bonds. The van der Waals surface area contributed by atoms with Crippen molar-refractivity contribution in [2.45, 2.75) is 52.3 Å². The van der Waals surface area contributed by atoms with Crippen molar-refractivity contribution in [3.05, 3.63) is 12.1 Å². The Labute approximate surface area is 172 Å². The molecule has 0 saturated carbocycles. The number of thiazole rings is 1. The minimum absolute atomic E-state index is 0.136. The van der Waals surface area contributed by atoms with E-state index in [9.17, 15) is 9.59 Å².